The first kappa shape index (κ1) is 10.3. The highest BCUT2D eigenvalue weighted by Crippen LogP contribution is 1.99. The van der Waals surface area contributed by atoms with Gasteiger partial charge in [0.1, 0.15) is 0 Å². The zero-order valence-corrected chi connectivity index (χ0v) is 7.91. The third-order valence-electron chi connectivity index (χ3n) is 1.46. The normalized spacial score (nSPS) is 10.6. The topological polar surface area (TPSA) is 0 Å². The molecule has 0 aliphatic rings. The standard InChI is InChI=1S/C11H18/c1-4-7-8-10-11(6-3)9-5-2/h9H,4-7H2,1-3H3/b11-9-. The summed E-state index contributed by atoms with van der Waals surface area (Å²) in [6.45, 7) is 6.46. The van der Waals surface area contributed by atoms with E-state index in [1.807, 2.05) is 0 Å². The molecule has 0 N–H and O–H groups in total. The Morgan fingerprint density at radius 1 is 1.27 bits per heavy atom. The van der Waals surface area contributed by atoms with Gasteiger partial charge in [-0.3, -0.25) is 0 Å². The summed E-state index contributed by atoms with van der Waals surface area (Å²) >= 11 is 0. The second kappa shape index (κ2) is 7.41. The van der Waals surface area contributed by atoms with Gasteiger partial charge in [0.15, 0.2) is 0 Å². The fraction of sp³-hybridized carbons (Fsp3) is 0.636. The van der Waals surface area contributed by atoms with E-state index in [2.05, 4.69) is 38.7 Å². The lowest BCUT2D eigenvalue weighted by Crippen LogP contribution is -1.74. The molecule has 0 aromatic carbocycles. The molecule has 0 rings (SSSR count). The predicted octanol–water partition coefficient (Wildman–Crippen LogP) is 3.54. The van der Waals surface area contributed by atoms with Crippen LogP contribution in [0.2, 0.25) is 0 Å². The molecule has 0 aliphatic carbocycles. The molecular weight excluding hydrogens is 132 g/mol. The predicted molar refractivity (Wildman–Crippen MR) is 51.3 cm³/mol. The van der Waals surface area contributed by atoms with Crippen LogP contribution in [0.5, 0.6) is 0 Å². The summed E-state index contributed by atoms with van der Waals surface area (Å²) < 4.78 is 0. The quantitative estimate of drug-likeness (QED) is 0.540. The van der Waals surface area contributed by atoms with Gasteiger partial charge in [0.2, 0.25) is 0 Å². The van der Waals surface area contributed by atoms with E-state index in [4.69, 9.17) is 0 Å². The number of hydrogen-bond acceptors (Lipinski definition) is 0. The molecule has 0 saturated carbocycles. The lowest BCUT2D eigenvalue weighted by atomic mass is 10.1. The Morgan fingerprint density at radius 3 is 2.45 bits per heavy atom. The summed E-state index contributed by atoms with van der Waals surface area (Å²) in [6.07, 6.45) is 6.58. The Morgan fingerprint density at radius 2 is 2.00 bits per heavy atom. The first-order chi connectivity index (χ1) is 5.35. The maximum absolute atomic E-state index is 3.18. The van der Waals surface area contributed by atoms with Crippen LogP contribution in [0.1, 0.15) is 46.5 Å². The number of hydrogen-bond donors (Lipinski definition) is 0. The van der Waals surface area contributed by atoms with E-state index in [0.717, 1.165) is 25.7 Å². The molecule has 0 saturated heterocycles. The largest absolute Gasteiger partial charge is 0.0983 e. The van der Waals surface area contributed by atoms with E-state index in [9.17, 15) is 0 Å². The summed E-state index contributed by atoms with van der Waals surface area (Å²) in [5.74, 6) is 6.33. The van der Waals surface area contributed by atoms with E-state index < -0.39 is 0 Å². The van der Waals surface area contributed by atoms with Crippen LogP contribution in [0, 0.1) is 11.8 Å². The van der Waals surface area contributed by atoms with Crippen molar-refractivity contribution in [1.29, 1.82) is 0 Å². The SMILES string of the molecule is CC/C=C(\C#CCCC)CC. The summed E-state index contributed by atoms with van der Waals surface area (Å²) in [6, 6.07) is 0. The third-order valence-corrected chi connectivity index (χ3v) is 1.46. The first-order valence-corrected chi connectivity index (χ1v) is 4.53. The summed E-state index contributed by atoms with van der Waals surface area (Å²) in [7, 11) is 0. The zero-order valence-electron chi connectivity index (χ0n) is 7.91. The monoisotopic (exact) mass is 150 g/mol. The van der Waals surface area contributed by atoms with E-state index >= 15 is 0 Å². The molecular formula is C11H18. The minimum absolute atomic E-state index is 1.03. The molecule has 0 heterocycles. The molecule has 11 heavy (non-hydrogen) atoms. The summed E-state index contributed by atoms with van der Waals surface area (Å²) in [5.41, 5.74) is 1.29. The van der Waals surface area contributed by atoms with E-state index in [1.54, 1.807) is 0 Å². The average molecular weight is 150 g/mol. The van der Waals surface area contributed by atoms with Crippen LogP contribution in [0.15, 0.2) is 11.6 Å². The average Bonchev–Trinajstić information content (AvgIpc) is 2.03. The van der Waals surface area contributed by atoms with Crippen LogP contribution in [-0.2, 0) is 0 Å². The van der Waals surface area contributed by atoms with Crippen LogP contribution in [0.3, 0.4) is 0 Å². The van der Waals surface area contributed by atoms with Crippen molar-refractivity contribution in [3.8, 4) is 11.8 Å². The van der Waals surface area contributed by atoms with Gasteiger partial charge in [-0.25, -0.2) is 0 Å². The van der Waals surface area contributed by atoms with Crippen LogP contribution in [0.4, 0.5) is 0 Å². The lowest BCUT2D eigenvalue weighted by Gasteiger charge is -1.90. The Hall–Kier alpha value is -0.700. The third kappa shape index (κ3) is 5.73. The second-order valence-corrected chi connectivity index (χ2v) is 2.54. The minimum Gasteiger partial charge on any atom is -0.0983 e. The van der Waals surface area contributed by atoms with Crippen LogP contribution >= 0.6 is 0 Å². The highest BCUT2D eigenvalue weighted by molar-refractivity contribution is 5.27. The molecule has 0 bridgehead atoms. The fourth-order valence-electron chi connectivity index (χ4n) is 0.831. The van der Waals surface area contributed by atoms with Crippen LogP contribution in [0.25, 0.3) is 0 Å². The van der Waals surface area contributed by atoms with Gasteiger partial charge >= 0.3 is 0 Å². The van der Waals surface area contributed by atoms with Crippen molar-refractivity contribution in [2.75, 3.05) is 0 Å². The second-order valence-electron chi connectivity index (χ2n) is 2.54. The van der Waals surface area contributed by atoms with Gasteiger partial charge in [-0.05, 0) is 24.8 Å². The molecule has 0 unspecified atom stereocenters. The van der Waals surface area contributed by atoms with Gasteiger partial charge in [0.05, 0.1) is 0 Å². The molecule has 0 spiro atoms. The minimum atomic E-state index is 1.03. The van der Waals surface area contributed by atoms with Gasteiger partial charge in [0.25, 0.3) is 0 Å². The molecule has 0 aromatic heterocycles. The Bertz CT molecular complexity index is 164. The first-order valence-electron chi connectivity index (χ1n) is 4.53. The van der Waals surface area contributed by atoms with Gasteiger partial charge in [-0.15, -0.1) is 0 Å². The molecule has 0 radical (unpaired) electrons. The van der Waals surface area contributed by atoms with Crippen molar-refractivity contribution in [2.24, 2.45) is 0 Å². The van der Waals surface area contributed by atoms with Crippen molar-refractivity contribution in [2.45, 2.75) is 46.5 Å². The maximum atomic E-state index is 3.18. The van der Waals surface area contributed by atoms with Gasteiger partial charge in [-0.2, -0.15) is 0 Å². The number of allylic oxidation sites excluding steroid dienone is 2. The van der Waals surface area contributed by atoms with Crippen molar-refractivity contribution in [3.05, 3.63) is 11.6 Å². The highest BCUT2D eigenvalue weighted by Gasteiger charge is 1.83. The molecule has 0 atom stereocenters. The van der Waals surface area contributed by atoms with Crippen LogP contribution in [-0.4, -0.2) is 0 Å². The molecule has 0 fully saturated rings. The molecule has 0 aromatic rings. The number of unbranched alkanes of at least 4 members (excludes halogenated alkanes) is 1. The number of rotatable bonds is 3. The molecule has 62 valence electrons. The fourth-order valence-corrected chi connectivity index (χ4v) is 0.831. The van der Waals surface area contributed by atoms with Gasteiger partial charge in [0, 0.05) is 6.42 Å². The Kier molecular flexibility index (Phi) is 6.94. The Labute approximate surface area is 70.7 Å². The van der Waals surface area contributed by atoms with Crippen molar-refractivity contribution >= 4 is 0 Å². The molecule has 0 amide bonds. The molecule has 0 aliphatic heterocycles. The maximum Gasteiger partial charge on any atom is 0.00897 e. The van der Waals surface area contributed by atoms with Crippen molar-refractivity contribution in [3.63, 3.8) is 0 Å². The summed E-state index contributed by atoms with van der Waals surface area (Å²) in [4.78, 5) is 0. The highest BCUT2D eigenvalue weighted by atomic mass is 13.9. The van der Waals surface area contributed by atoms with E-state index in [-0.39, 0.29) is 0 Å². The Balaban J connectivity index is 3.89. The molecule has 0 heteroatoms. The van der Waals surface area contributed by atoms with Gasteiger partial charge < -0.3 is 0 Å². The van der Waals surface area contributed by atoms with E-state index in [1.165, 1.54) is 5.57 Å². The van der Waals surface area contributed by atoms with Crippen LogP contribution < -0.4 is 0 Å². The van der Waals surface area contributed by atoms with Gasteiger partial charge in [-0.1, -0.05) is 38.7 Å². The van der Waals surface area contributed by atoms with E-state index in [0.29, 0.717) is 0 Å². The van der Waals surface area contributed by atoms with Crippen molar-refractivity contribution < 1.29 is 0 Å². The zero-order chi connectivity index (χ0) is 8.53. The summed E-state index contributed by atoms with van der Waals surface area (Å²) in [5, 5.41) is 0. The van der Waals surface area contributed by atoms with Crippen molar-refractivity contribution in [1.82, 2.24) is 0 Å². The molecule has 0 nitrogen and oxygen atoms in total. The smallest absolute Gasteiger partial charge is 0.00897 e. The lowest BCUT2D eigenvalue weighted by molar-refractivity contribution is 0.982.